The SMILES string of the molecule is C[Si]C.[CH3-].[CH3-].[NH-]C(=O)C1(C2c3ccccc3-c3ccccc32)CCCCC1.[Ti+3]. The van der Waals surface area contributed by atoms with Crippen LogP contribution in [0.5, 0.6) is 0 Å². The van der Waals surface area contributed by atoms with E-state index in [0.717, 1.165) is 35.2 Å². The molecule has 4 heteroatoms. The minimum absolute atomic E-state index is 0. The van der Waals surface area contributed by atoms with Gasteiger partial charge in [-0.3, -0.25) is 0 Å². The summed E-state index contributed by atoms with van der Waals surface area (Å²) < 4.78 is 0. The van der Waals surface area contributed by atoms with Crippen LogP contribution in [0.4, 0.5) is 0 Å². The molecule has 2 aliphatic carbocycles. The van der Waals surface area contributed by atoms with Gasteiger partial charge in [0.15, 0.2) is 0 Å². The first-order valence-electron chi connectivity index (χ1n) is 9.18. The molecule has 0 heterocycles. The molecule has 0 spiro atoms. The number of hydrogen-bond acceptors (Lipinski definition) is 1. The second kappa shape index (κ2) is 11.7. The zero-order valence-electron chi connectivity index (χ0n) is 17.6. The van der Waals surface area contributed by atoms with Gasteiger partial charge in [-0.25, -0.2) is 0 Å². The summed E-state index contributed by atoms with van der Waals surface area (Å²) in [6.45, 7) is 4.31. The molecular formula is C24H32NOSiTi. The van der Waals surface area contributed by atoms with Crippen molar-refractivity contribution in [3.63, 3.8) is 0 Å². The van der Waals surface area contributed by atoms with Gasteiger partial charge in [-0.15, -0.1) is 0 Å². The molecule has 1 fully saturated rings. The Morgan fingerprint density at radius 1 is 0.893 bits per heavy atom. The fraction of sp³-hybridized carbons (Fsp3) is 0.375. The maximum absolute atomic E-state index is 12.4. The van der Waals surface area contributed by atoms with Gasteiger partial charge in [0, 0.05) is 20.9 Å². The minimum Gasteiger partial charge on any atom is -0.667 e. The van der Waals surface area contributed by atoms with E-state index in [2.05, 4.69) is 61.6 Å². The molecular weight excluding hydrogens is 394 g/mol. The summed E-state index contributed by atoms with van der Waals surface area (Å²) in [6.07, 6.45) is 5.01. The van der Waals surface area contributed by atoms with Gasteiger partial charge in [0.1, 0.15) is 0 Å². The average molecular weight is 426 g/mol. The third-order valence-electron chi connectivity index (χ3n) is 5.58. The van der Waals surface area contributed by atoms with E-state index < -0.39 is 5.41 Å². The van der Waals surface area contributed by atoms with Gasteiger partial charge < -0.3 is 25.4 Å². The third-order valence-corrected chi connectivity index (χ3v) is 5.58. The fourth-order valence-electron chi connectivity index (χ4n) is 4.58. The molecule has 0 unspecified atom stereocenters. The molecule has 0 atom stereocenters. The zero-order chi connectivity index (χ0) is 17.9. The van der Waals surface area contributed by atoms with Crippen molar-refractivity contribution in [2.45, 2.75) is 51.1 Å². The van der Waals surface area contributed by atoms with Crippen molar-refractivity contribution in [3.8, 4) is 11.1 Å². The van der Waals surface area contributed by atoms with E-state index in [4.69, 9.17) is 5.73 Å². The van der Waals surface area contributed by atoms with Crippen molar-refractivity contribution in [2.24, 2.45) is 5.41 Å². The van der Waals surface area contributed by atoms with Crippen molar-refractivity contribution in [1.82, 2.24) is 0 Å². The Morgan fingerprint density at radius 2 is 1.29 bits per heavy atom. The summed E-state index contributed by atoms with van der Waals surface area (Å²) >= 11 is 0. The molecule has 2 aromatic carbocycles. The summed E-state index contributed by atoms with van der Waals surface area (Å²) in [5.41, 5.74) is 12.5. The van der Waals surface area contributed by atoms with Crippen LogP contribution in [0.1, 0.15) is 49.1 Å². The van der Waals surface area contributed by atoms with Gasteiger partial charge in [0.25, 0.3) is 0 Å². The maximum atomic E-state index is 12.4. The van der Waals surface area contributed by atoms with E-state index in [0.29, 0.717) is 0 Å². The first-order chi connectivity index (χ1) is 12.2. The molecule has 1 amide bonds. The Bertz CT molecular complexity index is 710. The Morgan fingerprint density at radius 3 is 1.68 bits per heavy atom. The zero-order valence-corrected chi connectivity index (χ0v) is 20.2. The first kappa shape index (κ1) is 26.8. The van der Waals surface area contributed by atoms with Crippen LogP contribution in [-0.2, 0) is 26.5 Å². The molecule has 0 bridgehead atoms. The smallest absolute Gasteiger partial charge is 0.667 e. The maximum Gasteiger partial charge on any atom is 3.00 e. The van der Waals surface area contributed by atoms with E-state index in [1.807, 2.05) is 0 Å². The van der Waals surface area contributed by atoms with Gasteiger partial charge in [0.2, 0.25) is 0 Å². The number of hydrogen-bond donors (Lipinski definition) is 0. The van der Waals surface area contributed by atoms with Gasteiger partial charge in [-0.1, -0.05) is 80.9 Å². The van der Waals surface area contributed by atoms with Crippen LogP contribution in [0.25, 0.3) is 16.9 Å². The van der Waals surface area contributed by atoms with E-state index >= 15 is 0 Å². The van der Waals surface area contributed by atoms with Crippen molar-refractivity contribution in [3.05, 3.63) is 80.2 Å². The van der Waals surface area contributed by atoms with Crippen LogP contribution < -0.4 is 0 Å². The van der Waals surface area contributed by atoms with E-state index in [-0.39, 0.29) is 48.4 Å². The molecule has 0 aliphatic heterocycles. The summed E-state index contributed by atoms with van der Waals surface area (Å²) in [4.78, 5) is 12.4. The molecule has 0 aromatic heterocycles. The normalized spacial score (nSPS) is 15.9. The fourth-order valence-corrected chi connectivity index (χ4v) is 4.58. The Hall–Kier alpha value is -1.16. The van der Waals surface area contributed by atoms with Crippen molar-refractivity contribution in [2.75, 3.05) is 0 Å². The molecule has 2 aromatic rings. The van der Waals surface area contributed by atoms with E-state index in [1.165, 1.54) is 28.7 Å². The number of fused-ring (bicyclic) bond motifs is 3. The van der Waals surface area contributed by atoms with Crippen molar-refractivity contribution >= 4 is 15.4 Å². The topological polar surface area (TPSA) is 40.9 Å². The molecule has 1 N–H and O–H groups in total. The van der Waals surface area contributed by atoms with Gasteiger partial charge in [-0.05, 0) is 35.1 Å². The predicted molar refractivity (Wildman–Crippen MR) is 119 cm³/mol. The quantitative estimate of drug-likeness (QED) is 0.376. The second-order valence-corrected chi connectivity index (χ2v) is 8.15. The largest absolute Gasteiger partial charge is 3.00 e. The van der Waals surface area contributed by atoms with Crippen LogP contribution in [0.2, 0.25) is 13.1 Å². The molecule has 147 valence electrons. The summed E-state index contributed by atoms with van der Waals surface area (Å²) in [6, 6.07) is 16.9. The summed E-state index contributed by atoms with van der Waals surface area (Å²) in [5, 5.41) is 0. The monoisotopic (exact) mass is 426 g/mol. The van der Waals surface area contributed by atoms with Gasteiger partial charge in [0.05, 0.1) is 5.91 Å². The van der Waals surface area contributed by atoms with Crippen LogP contribution in [-0.4, -0.2) is 15.4 Å². The molecule has 2 nitrogen and oxygen atoms in total. The molecule has 1 saturated carbocycles. The van der Waals surface area contributed by atoms with E-state index in [1.54, 1.807) is 0 Å². The number of carbonyl (C=O) groups excluding carboxylic acids is 1. The number of nitrogens with one attached hydrogen (secondary N) is 1. The first-order valence-corrected chi connectivity index (χ1v) is 11.2. The molecule has 3 radical (unpaired) electrons. The Labute approximate surface area is 189 Å². The molecule has 0 saturated heterocycles. The summed E-state index contributed by atoms with van der Waals surface area (Å²) in [7, 11) is 1.08. The van der Waals surface area contributed by atoms with Crippen LogP contribution in [0.15, 0.2) is 48.5 Å². The Balaban J connectivity index is 0.00000115. The number of carbonyl (C=O) groups is 1. The number of amides is 1. The second-order valence-electron chi connectivity index (χ2n) is 7.15. The number of rotatable bonds is 2. The summed E-state index contributed by atoms with van der Waals surface area (Å²) in [5.74, 6) is -0.311. The standard InChI is InChI=1S/C20H21NO.C2H6Si.2CH3.Ti/c21-19(22)20(12-6-1-7-13-20)18-16-10-4-2-8-14(16)15-9-3-5-11-17(15)18;1-3-2;;;/h2-5,8-11,18H,1,6-7,12-13H2,(H2,21,22);1-2H3;2*1H3;/q;;2*-1;+3/p-1. The van der Waals surface area contributed by atoms with Gasteiger partial charge >= 0.3 is 21.7 Å². The van der Waals surface area contributed by atoms with E-state index in [9.17, 15) is 4.79 Å². The van der Waals surface area contributed by atoms with Crippen molar-refractivity contribution < 1.29 is 26.5 Å². The predicted octanol–water partition coefficient (Wildman–Crippen LogP) is 7.01. The molecule has 2 aliphatic rings. The third kappa shape index (κ3) is 4.69. The minimum atomic E-state index is -0.527. The van der Waals surface area contributed by atoms with Crippen LogP contribution >= 0.6 is 0 Å². The average Bonchev–Trinajstić information content (AvgIpc) is 2.98. The molecule has 28 heavy (non-hydrogen) atoms. The van der Waals surface area contributed by atoms with Gasteiger partial charge in [-0.2, -0.15) is 0 Å². The van der Waals surface area contributed by atoms with Crippen LogP contribution in [0.3, 0.4) is 0 Å². The Kier molecular flexibility index (Phi) is 11.3. The van der Waals surface area contributed by atoms with Crippen molar-refractivity contribution in [1.29, 1.82) is 0 Å². The molecule has 4 rings (SSSR count). The van der Waals surface area contributed by atoms with Crippen LogP contribution in [0, 0.1) is 20.3 Å². The number of benzene rings is 2.